The van der Waals surface area contributed by atoms with E-state index in [9.17, 15) is 9.90 Å². The number of fused-ring (bicyclic) bond motifs is 1. The van der Waals surface area contributed by atoms with Crippen molar-refractivity contribution in [2.24, 2.45) is 0 Å². The number of hydrogen-bond acceptors (Lipinski definition) is 5. The number of aryl methyl sites for hydroxylation is 1. The third-order valence-corrected chi connectivity index (χ3v) is 4.35. The van der Waals surface area contributed by atoms with Crippen LogP contribution in [0.15, 0.2) is 30.6 Å². The minimum Gasteiger partial charge on any atom is -0.442 e. The van der Waals surface area contributed by atoms with Crippen LogP contribution in [0, 0.1) is 11.8 Å². The fourth-order valence-corrected chi connectivity index (χ4v) is 3.07. The van der Waals surface area contributed by atoms with Crippen molar-refractivity contribution in [3.05, 3.63) is 36.2 Å². The third-order valence-electron chi connectivity index (χ3n) is 4.35. The Morgan fingerprint density at radius 3 is 2.50 bits per heavy atom. The monoisotopic (exact) mass is 408 g/mol. The summed E-state index contributed by atoms with van der Waals surface area (Å²) in [5.74, 6) is 6.08. The summed E-state index contributed by atoms with van der Waals surface area (Å²) in [4.78, 5) is 12.4. The zero-order valence-corrected chi connectivity index (χ0v) is 18.3. The normalized spacial score (nSPS) is 12.0. The first kappa shape index (κ1) is 21.5. The Morgan fingerprint density at radius 1 is 1.20 bits per heavy atom. The van der Waals surface area contributed by atoms with Crippen molar-refractivity contribution in [1.82, 2.24) is 14.3 Å². The summed E-state index contributed by atoms with van der Waals surface area (Å²) in [5.41, 5.74) is 7.74. The van der Waals surface area contributed by atoms with E-state index in [0.717, 1.165) is 33.3 Å². The van der Waals surface area contributed by atoms with Gasteiger partial charge in [-0.3, -0.25) is 0 Å². The van der Waals surface area contributed by atoms with E-state index in [-0.39, 0.29) is 5.82 Å². The fraction of sp³-hybridized carbons (Fsp3) is 0.391. The van der Waals surface area contributed by atoms with Crippen LogP contribution in [0.4, 0.5) is 10.6 Å². The summed E-state index contributed by atoms with van der Waals surface area (Å²) < 4.78 is 8.61. The van der Waals surface area contributed by atoms with E-state index in [1.165, 1.54) is 0 Å². The molecule has 0 atom stereocenters. The first-order valence-electron chi connectivity index (χ1n) is 9.85. The Balaban J connectivity index is 2.11. The Kier molecular flexibility index (Phi) is 5.40. The van der Waals surface area contributed by atoms with E-state index in [1.54, 1.807) is 40.8 Å². The van der Waals surface area contributed by atoms with Gasteiger partial charge >= 0.3 is 6.09 Å². The minimum atomic E-state index is -1.08. The summed E-state index contributed by atoms with van der Waals surface area (Å²) in [5, 5.41) is 15.0. The summed E-state index contributed by atoms with van der Waals surface area (Å²) in [6.45, 7) is 11.5. The molecular weight excluding hydrogens is 380 g/mol. The van der Waals surface area contributed by atoms with Crippen LogP contribution in [0.25, 0.3) is 22.0 Å². The molecule has 0 aliphatic heterocycles. The number of nitrogen functional groups attached to an aromatic ring is 1. The molecular formula is C23H28N4O3. The number of aliphatic hydroxyl groups is 1. The number of aromatic nitrogens is 3. The predicted molar refractivity (Wildman–Crippen MR) is 118 cm³/mol. The summed E-state index contributed by atoms with van der Waals surface area (Å²) in [6, 6.07) is 5.87. The van der Waals surface area contributed by atoms with E-state index in [1.807, 2.05) is 24.4 Å². The smallest absolute Gasteiger partial charge is 0.435 e. The van der Waals surface area contributed by atoms with E-state index >= 15 is 0 Å². The number of carbonyl (C=O) groups excluding carboxylic acids is 1. The largest absolute Gasteiger partial charge is 0.442 e. The van der Waals surface area contributed by atoms with Crippen molar-refractivity contribution in [2.45, 2.75) is 59.3 Å². The maximum absolute atomic E-state index is 12.4. The van der Waals surface area contributed by atoms with Crippen LogP contribution in [0.1, 0.15) is 47.1 Å². The molecule has 3 rings (SSSR count). The van der Waals surface area contributed by atoms with Crippen LogP contribution < -0.4 is 5.73 Å². The molecule has 1 aromatic carbocycles. The van der Waals surface area contributed by atoms with Gasteiger partial charge in [0, 0.05) is 46.5 Å². The van der Waals surface area contributed by atoms with Gasteiger partial charge in [0.05, 0.1) is 0 Å². The number of hydrogen-bond donors (Lipinski definition) is 2. The molecule has 0 aliphatic carbocycles. The van der Waals surface area contributed by atoms with Crippen molar-refractivity contribution in [1.29, 1.82) is 0 Å². The number of nitrogens with two attached hydrogens (primary N) is 1. The molecule has 0 saturated carbocycles. The van der Waals surface area contributed by atoms with Crippen molar-refractivity contribution in [2.75, 3.05) is 5.73 Å². The molecule has 0 saturated heterocycles. The van der Waals surface area contributed by atoms with Gasteiger partial charge in [-0.15, -0.1) is 5.10 Å². The average molecular weight is 409 g/mol. The van der Waals surface area contributed by atoms with Crippen LogP contribution in [0.2, 0.25) is 0 Å². The van der Waals surface area contributed by atoms with Gasteiger partial charge in [-0.25, -0.2) is 4.79 Å². The first-order chi connectivity index (χ1) is 13.9. The highest BCUT2D eigenvalue weighted by molar-refractivity contribution is 5.99. The van der Waals surface area contributed by atoms with Crippen molar-refractivity contribution in [3.63, 3.8) is 0 Å². The Labute approximate surface area is 176 Å². The lowest BCUT2D eigenvalue weighted by molar-refractivity contribution is 0.0515. The van der Waals surface area contributed by atoms with Crippen LogP contribution in [-0.4, -0.2) is 36.7 Å². The van der Waals surface area contributed by atoms with Crippen LogP contribution in [0.5, 0.6) is 0 Å². The lowest BCUT2D eigenvalue weighted by Gasteiger charge is -2.18. The highest BCUT2D eigenvalue weighted by Crippen LogP contribution is 2.34. The highest BCUT2D eigenvalue weighted by Gasteiger charge is 2.22. The molecule has 158 valence electrons. The molecule has 0 spiro atoms. The number of benzene rings is 1. The van der Waals surface area contributed by atoms with Crippen molar-refractivity contribution in [3.8, 4) is 23.0 Å². The second-order valence-electron chi connectivity index (χ2n) is 8.72. The zero-order valence-electron chi connectivity index (χ0n) is 18.3. The maximum atomic E-state index is 12.4. The van der Waals surface area contributed by atoms with Crippen LogP contribution in [0.3, 0.4) is 0 Å². The van der Waals surface area contributed by atoms with Gasteiger partial charge in [0.1, 0.15) is 11.2 Å². The molecule has 2 aromatic heterocycles. The molecule has 0 bridgehead atoms. The van der Waals surface area contributed by atoms with Gasteiger partial charge in [0.2, 0.25) is 0 Å². The van der Waals surface area contributed by atoms with Gasteiger partial charge < -0.3 is 20.1 Å². The minimum absolute atomic E-state index is 0.240. The van der Waals surface area contributed by atoms with E-state index < -0.39 is 17.3 Å². The van der Waals surface area contributed by atoms with Crippen molar-refractivity contribution < 1.29 is 14.6 Å². The number of rotatable bonds is 2. The molecule has 3 aromatic rings. The van der Waals surface area contributed by atoms with E-state index in [2.05, 4.69) is 28.4 Å². The Bertz CT molecular complexity index is 1160. The SMILES string of the molecule is CCn1cc(-c2cn(C(=O)OC(C)(C)C)nc2N)c2cc(C#CC(C)(C)O)ccc21. The van der Waals surface area contributed by atoms with Gasteiger partial charge in [-0.2, -0.15) is 4.68 Å². The third kappa shape index (κ3) is 4.66. The van der Waals surface area contributed by atoms with Crippen molar-refractivity contribution >= 4 is 22.8 Å². The molecule has 3 N–H and O–H groups in total. The fourth-order valence-electron chi connectivity index (χ4n) is 3.07. The van der Waals surface area contributed by atoms with E-state index in [4.69, 9.17) is 10.5 Å². The molecule has 0 fully saturated rings. The van der Waals surface area contributed by atoms with E-state index in [0.29, 0.717) is 5.56 Å². The molecule has 0 aliphatic rings. The molecule has 30 heavy (non-hydrogen) atoms. The summed E-state index contributed by atoms with van der Waals surface area (Å²) in [6.07, 6.45) is 2.99. The predicted octanol–water partition coefficient (Wildman–Crippen LogP) is 4.01. The Hall–Kier alpha value is -3.24. The number of carbonyl (C=O) groups is 1. The summed E-state index contributed by atoms with van der Waals surface area (Å²) >= 11 is 0. The second kappa shape index (κ2) is 7.54. The lowest BCUT2D eigenvalue weighted by atomic mass is 10.0. The number of anilines is 1. The highest BCUT2D eigenvalue weighted by atomic mass is 16.6. The number of ether oxygens (including phenoxy) is 1. The van der Waals surface area contributed by atoms with Crippen LogP contribution in [-0.2, 0) is 11.3 Å². The maximum Gasteiger partial charge on any atom is 0.435 e. The molecule has 7 nitrogen and oxygen atoms in total. The number of nitrogens with zero attached hydrogens (tertiary/aromatic N) is 3. The molecule has 7 heteroatoms. The molecule has 0 radical (unpaired) electrons. The van der Waals surface area contributed by atoms with Gasteiger partial charge in [0.15, 0.2) is 5.82 Å². The Morgan fingerprint density at radius 2 is 1.90 bits per heavy atom. The summed E-state index contributed by atoms with van der Waals surface area (Å²) in [7, 11) is 0. The molecule has 0 unspecified atom stereocenters. The molecule has 2 heterocycles. The van der Waals surface area contributed by atoms with Gasteiger partial charge in [0.25, 0.3) is 0 Å². The van der Waals surface area contributed by atoms with Gasteiger partial charge in [-0.1, -0.05) is 11.8 Å². The quantitative estimate of drug-likeness (QED) is 0.625. The first-order valence-corrected chi connectivity index (χ1v) is 9.85. The lowest BCUT2D eigenvalue weighted by Crippen LogP contribution is -2.27. The molecule has 0 amide bonds. The topological polar surface area (TPSA) is 95.3 Å². The second-order valence-corrected chi connectivity index (χ2v) is 8.72. The average Bonchev–Trinajstić information content (AvgIpc) is 3.18. The van der Waals surface area contributed by atoms with Crippen LogP contribution >= 0.6 is 0 Å². The standard InChI is InChI=1S/C23H28N4O3/c1-7-26-13-17(16-12-15(8-9-19(16)26)10-11-23(5,6)29)18-14-27(25-20(18)24)21(28)30-22(2,3)4/h8-9,12-14,29H,7H2,1-6H3,(H2,24,25). The zero-order chi connectivity index (χ0) is 22.3. The van der Waals surface area contributed by atoms with Gasteiger partial charge in [-0.05, 0) is 59.7 Å².